The summed E-state index contributed by atoms with van der Waals surface area (Å²) < 4.78 is 11.0. The largest absolute Gasteiger partial charge is 0.394 e. The first-order valence-corrected chi connectivity index (χ1v) is 4.64. The van der Waals surface area contributed by atoms with Gasteiger partial charge in [-0.05, 0) is 33.1 Å². The normalized spacial score (nSPS) is 31.0. The van der Waals surface area contributed by atoms with Gasteiger partial charge < -0.3 is 14.6 Å². The van der Waals surface area contributed by atoms with Crippen LogP contribution in [0.4, 0.5) is 0 Å². The molecule has 0 aliphatic carbocycles. The first kappa shape index (κ1) is 9.96. The van der Waals surface area contributed by atoms with Gasteiger partial charge in [0.15, 0.2) is 6.29 Å². The van der Waals surface area contributed by atoms with Crippen molar-refractivity contribution in [3.63, 3.8) is 0 Å². The summed E-state index contributed by atoms with van der Waals surface area (Å²) in [5.74, 6) is 0. The van der Waals surface area contributed by atoms with E-state index in [0.717, 1.165) is 19.3 Å². The van der Waals surface area contributed by atoms with Crippen LogP contribution in [0.15, 0.2) is 0 Å². The molecule has 0 aromatic heterocycles. The highest BCUT2D eigenvalue weighted by atomic mass is 16.7. The summed E-state index contributed by atoms with van der Waals surface area (Å²) in [5.41, 5.74) is 0. The first-order valence-electron chi connectivity index (χ1n) is 4.64. The molecule has 3 heteroatoms. The molecule has 0 aromatic carbocycles. The maximum Gasteiger partial charge on any atom is 0.158 e. The van der Waals surface area contributed by atoms with Crippen molar-refractivity contribution in [1.29, 1.82) is 0 Å². The van der Waals surface area contributed by atoms with E-state index >= 15 is 0 Å². The fourth-order valence-electron chi connectivity index (χ4n) is 1.40. The third-order valence-corrected chi connectivity index (χ3v) is 1.94. The van der Waals surface area contributed by atoms with Gasteiger partial charge in [-0.2, -0.15) is 0 Å². The Hall–Kier alpha value is -0.120. The summed E-state index contributed by atoms with van der Waals surface area (Å²) in [4.78, 5) is 0. The minimum atomic E-state index is -0.101. The van der Waals surface area contributed by atoms with Crippen LogP contribution in [0.2, 0.25) is 0 Å². The second-order valence-corrected chi connectivity index (χ2v) is 3.49. The molecule has 0 amide bonds. The molecule has 1 aliphatic heterocycles. The molecule has 72 valence electrons. The lowest BCUT2D eigenvalue weighted by Gasteiger charge is -2.29. The molecular weight excluding hydrogens is 156 g/mol. The zero-order valence-electron chi connectivity index (χ0n) is 7.82. The number of hydrogen-bond donors (Lipinski definition) is 1. The van der Waals surface area contributed by atoms with E-state index in [-0.39, 0.29) is 25.1 Å². The smallest absolute Gasteiger partial charge is 0.158 e. The van der Waals surface area contributed by atoms with Crippen LogP contribution in [0, 0.1) is 0 Å². The van der Waals surface area contributed by atoms with E-state index in [2.05, 4.69) is 0 Å². The van der Waals surface area contributed by atoms with Crippen molar-refractivity contribution in [3.8, 4) is 0 Å². The molecule has 1 rings (SSSR count). The number of aliphatic hydroxyl groups is 1. The zero-order valence-corrected chi connectivity index (χ0v) is 7.82. The summed E-state index contributed by atoms with van der Waals surface area (Å²) in [6.07, 6.45) is 3.08. The molecule has 0 spiro atoms. The van der Waals surface area contributed by atoms with Gasteiger partial charge in [-0.25, -0.2) is 0 Å². The Balaban J connectivity index is 2.25. The number of rotatable bonds is 3. The minimum absolute atomic E-state index is 0.0116. The van der Waals surface area contributed by atoms with Gasteiger partial charge >= 0.3 is 0 Å². The van der Waals surface area contributed by atoms with Gasteiger partial charge in [-0.15, -0.1) is 0 Å². The SMILES string of the molecule is CC(C)OC1CCCC(CO)O1. The molecule has 2 atom stereocenters. The van der Waals surface area contributed by atoms with Crippen molar-refractivity contribution >= 4 is 0 Å². The van der Waals surface area contributed by atoms with Crippen LogP contribution in [0.5, 0.6) is 0 Å². The molecule has 0 saturated carbocycles. The van der Waals surface area contributed by atoms with E-state index in [1.807, 2.05) is 13.8 Å². The molecule has 0 aromatic rings. The minimum Gasteiger partial charge on any atom is -0.394 e. The highest BCUT2D eigenvalue weighted by Gasteiger charge is 2.22. The molecule has 1 aliphatic rings. The monoisotopic (exact) mass is 174 g/mol. The summed E-state index contributed by atoms with van der Waals surface area (Å²) in [7, 11) is 0. The lowest BCUT2D eigenvalue weighted by Crippen LogP contribution is -2.33. The summed E-state index contributed by atoms with van der Waals surface area (Å²) >= 11 is 0. The number of hydrogen-bond acceptors (Lipinski definition) is 3. The predicted octanol–water partition coefficient (Wildman–Crippen LogP) is 1.30. The lowest BCUT2D eigenvalue weighted by atomic mass is 10.1. The van der Waals surface area contributed by atoms with E-state index in [4.69, 9.17) is 14.6 Å². The average molecular weight is 174 g/mol. The molecule has 1 heterocycles. The van der Waals surface area contributed by atoms with Crippen molar-refractivity contribution in [2.45, 2.75) is 51.6 Å². The number of ether oxygens (including phenoxy) is 2. The topological polar surface area (TPSA) is 38.7 Å². The van der Waals surface area contributed by atoms with Crippen LogP contribution in [0.3, 0.4) is 0 Å². The second kappa shape index (κ2) is 4.80. The maximum absolute atomic E-state index is 8.86. The van der Waals surface area contributed by atoms with Gasteiger partial charge in [0.05, 0.1) is 18.8 Å². The van der Waals surface area contributed by atoms with Gasteiger partial charge in [0.25, 0.3) is 0 Å². The Morgan fingerprint density at radius 2 is 2.25 bits per heavy atom. The van der Waals surface area contributed by atoms with E-state index in [0.29, 0.717) is 0 Å². The third kappa shape index (κ3) is 3.09. The quantitative estimate of drug-likeness (QED) is 0.701. The Kier molecular flexibility index (Phi) is 3.98. The molecule has 1 N–H and O–H groups in total. The Morgan fingerprint density at radius 3 is 2.83 bits per heavy atom. The number of aliphatic hydroxyl groups excluding tert-OH is 1. The van der Waals surface area contributed by atoms with Crippen molar-refractivity contribution in [2.75, 3.05) is 6.61 Å². The molecule has 3 nitrogen and oxygen atoms in total. The van der Waals surface area contributed by atoms with E-state index in [1.54, 1.807) is 0 Å². The van der Waals surface area contributed by atoms with Crippen LogP contribution in [-0.2, 0) is 9.47 Å². The van der Waals surface area contributed by atoms with Crippen LogP contribution in [0.1, 0.15) is 33.1 Å². The molecular formula is C9H18O3. The molecule has 0 radical (unpaired) electrons. The maximum atomic E-state index is 8.86. The van der Waals surface area contributed by atoms with Gasteiger partial charge in [0.1, 0.15) is 0 Å². The Morgan fingerprint density at radius 1 is 1.50 bits per heavy atom. The summed E-state index contributed by atoms with van der Waals surface area (Å²) in [5, 5.41) is 8.86. The lowest BCUT2D eigenvalue weighted by molar-refractivity contribution is -0.215. The van der Waals surface area contributed by atoms with Crippen molar-refractivity contribution in [1.82, 2.24) is 0 Å². The molecule has 1 saturated heterocycles. The van der Waals surface area contributed by atoms with Gasteiger partial charge in [0, 0.05) is 0 Å². The third-order valence-electron chi connectivity index (χ3n) is 1.94. The highest BCUT2D eigenvalue weighted by molar-refractivity contribution is 4.65. The molecule has 2 unspecified atom stereocenters. The van der Waals surface area contributed by atoms with E-state index in [9.17, 15) is 0 Å². The molecule has 0 bridgehead atoms. The van der Waals surface area contributed by atoms with Crippen LogP contribution < -0.4 is 0 Å². The highest BCUT2D eigenvalue weighted by Crippen LogP contribution is 2.20. The van der Waals surface area contributed by atoms with E-state index < -0.39 is 0 Å². The zero-order chi connectivity index (χ0) is 8.97. The van der Waals surface area contributed by atoms with Crippen molar-refractivity contribution in [2.24, 2.45) is 0 Å². The van der Waals surface area contributed by atoms with Crippen LogP contribution in [0.25, 0.3) is 0 Å². The Labute approximate surface area is 73.7 Å². The second-order valence-electron chi connectivity index (χ2n) is 3.49. The van der Waals surface area contributed by atoms with Gasteiger partial charge in [0.2, 0.25) is 0 Å². The standard InChI is InChI=1S/C9H18O3/c1-7(2)11-9-5-3-4-8(6-10)12-9/h7-10H,3-6H2,1-2H3. The average Bonchev–Trinajstić information content (AvgIpc) is 2.03. The molecule has 1 fully saturated rings. The Bertz CT molecular complexity index is 125. The fraction of sp³-hybridized carbons (Fsp3) is 1.00. The van der Waals surface area contributed by atoms with E-state index in [1.165, 1.54) is 0 Å². The first-order chi connectivity index (χ1) is 5.72. The van der Waals surface area contributed by atoms with Gasteiger partial charge in [-0.1, -0.05) is 0 Å². The summed E-state index contributed by atoms with van der Waals surface area (Å²) in [6.45, 7) is 4.09. The van der Waals surface area contributed by atoms with Crippen LogP contribution >= 0.6 is 0 Å². The molecule has 12 heavy (non-hydrogen) atoms. The van der Waals surface area contributed by atoms with Crippen LogP contribution in [-0.4, -0.2) is 30.2 Å². The van der Waals surface area contributed by atoms with Crippen molar-refractivity contribution in [3.05, 3.63) is 0 Å². The van der Waals surface area contributed by atoms with Gasteiger partial charge in [-0.3, -0.25) is 0 Å². The van der Waals surface area contributed by atoms with Crippen molar-refractivity contribution < 1.29 is 14.6 Å². The summed E-state index contributed by atoms with van der Waals surface area (Å²) in [6, 6.07) is 0. The fourth-order valence-corrected chi connectivity index (χ4v) is 1.40. The predicted molar refractivity (Wildman–Crippen MR) is 45.8 cm³/mol.